The summed E-state index contributed by atoms with van der Waals surface area (Å²) in [6.45, 7) is 6.25. The Morgan fingerprint density at radius 1 is 1.30 bits per heavy atom. The predicted octanol–water partition coefficient (Wildman–Crippen LogP) is 3.64. The monoisotopic (exact) mass is 369 g/mol. The average molecular weight is 369 g/mol. The fourth-order valence-corrected chi connectivity index (χ4v) is 3.63. The van der Waals surface area contributed by atoms with Gasteiger partial charge >= 0.3 is 11.8 Å². The first-order chi connectivity index (χ1) is 12.8. The second kappa shape index (κ2) is 7.47. The van der Waals surface area contributed by atoms with Crippen LogP contribution < -0.4 is 5.32 Å². The van der Waals surface area contributed by atoms with Crippen molar-refractivity contribution in [3.63, 3.8) is 0 Å². The van der Waals surface area contributed by atoms with Crippen molar-refractivity contribution in [2.75, 3.05) is 11.9 Å². The molecule has 0 radical (unpaired) electrons. The van der Waals surface area contributed by atoms with Crippen LogP contribution in [0.5, 0.6) is 0 Å². The molecule has 2 heterocycles. The van der Waals surface area contributed by atoms with Crippen LogP contribution in [0.25, 0.3) is 0 Å². The van der Waals surface area contributed by atoms with E-state index in [9.17, 15) is 14.0 Å². The van der Waals surface area contributed by atoms with Crippen molar-refractivity contribution < 1.29 is 14.0 Å². The molecule has 1 fully saturated rings. The number of aromatic nitrogens is 1. The third-order valence-electron chi connectivity index (χ3n) is 5.23. The standard InChI is InChI=1S/C21H24FN3O2/c1-14-7-8-21(3,16-5-4-6-17(22)10-16)25(13-14)20(27)19(26)24-18-9-15(2)11-23-12-18/h4-6,9-12,14H,7-8,13H2,1-3H3,(H,24,26)/t14-,21-/m0/s1. The van der Waals surface area contributed by atoms with Crippen LogP contribution in [0.2, 0.25) is 0 Å². The normalized spacial score (nSPS) is 22.4. The average Bonchev–Trinajstić information content (AvgIpc) is 2.63. The molecule has 0 saturated carbocycles. The summed E-state index contributed by atoms with van der Waals surface area (Å²) in [6, 6.07) is 8.01. The first kappa shape index (κ1) is 19.0. The Labute approximate surface area is 158 Å². The summed E-state index contributed by atoms with van der Waals surface area (Å²) in [5, 5.41) is 2.63. The summed E-state index contributed by atoms with van der Waals surface area (Å²) in [7, 11) is 0. The minimum Gasteiger partial charge on any atom is -0.325 e. The van der Waals surface area contributed by atoms with Crippen LogP contribution >= 0.6 is 0 Å². The Hall–Kier alpha value is -2.76. The van der Waals surface area contributed by atoms with Crippen molar-refractivity contribution in [2.45, 2.75) is 39.2 Å². The van der Waals surface area contributed by atoms with Crippen LogP contribution in [0.3, 0.4) is 0 Å². The maximum Gasteiger partial charge on any atom is 0.313 e. The maximum absolute atomic E-state index is 13.8. The summed E-state index contributed by atoms with van der Waals surface area (Å²) in [6.07, 6.45) is 4.75. The molecule has 0 unspecified atom stereocenters. The highest BCUT2D eigenvalue weighted by molar-refractivity contribution is 6.39. The third kappa shape index (κ3) is 3.99. The molecule has 1 aromatic heterocycles. The largest absolute Gasteiger partial charge is 0.325 e. The molecule has 3 rings (SSSR count). The zero-order valence-corrected chi connectivity index (χ0v) is 15.8. The lowest BCUT2D eigenvalue weighted by atomic mass is 9.79. The SMILES string of the molecule is Cc1cncc(NC(=O)C(=O)N2C[C@@H](C)CC[C@@]2(C)c2cccc(F)c2)c1. The van der Waals surface area contributed by atoms with Gasteiger partial charge in [-0.1, -0.05) is 19.1 Å². The summed E-state index contributed by atoms with van der Waals surface area (Å²) in [5.41, 5.74) is 1.34. The smallest absolute Gasteiger partial charge is 0.313 e. The predicted molar refractivity (Wildman–Crippen MR) is 101 cm³/mol. The minimum absolute atomic E-state index is 0.268. The molecule has 1 N–H and O–H groups in total. The summed E-state index contributed by atoms with van der Waals surface area (Å²) >= 11 is 0. The maximum atomic E-state index is 13.8. The number of carbonyl (C=O) groups is 2. The second-order valence-electron chi connectivity index (χ2n) is 7.55. The zero-order valence-electron chi connectivity index (χ0n) is 15.8. The molecule has 1 aliphatic heterocycles. The molecule has 2 atom stereocenters. The van der Waals surface area contributed by atoms with Gasteiger partial charge in [0.2, 0.25) is 0 Å². The molecule has 2 amide bonds. The van der Waals surface area contributed by atoms with E-state index in [0.717, 1.165) is 12.0 Å². The van der Waals surface area contributed by atoms with Crippen LogP contribution in [0.4, 0.5) is 10.1 Å². The highest BCUT2D eigenvalue weighted by Crippen LogP contribution is 2.39. The van der Waals surface area contributed by atoms with Gasteiger partial charge in [0, 0.05) is 12.7 Å². The van der Waals surface area contributed by atoms with E-state index in [1.54, 1.807) is 23.2 Å². The number of rotatable bonds is 2. The van der Waals surface area contributed by atoms with E-state index in [-0.39, 0.29) is 11.7 Å². The lowest BCUT2D eigenvalue weighted by Gasteiger charge is -2.47. The Bertz CT molecular complexity index is 870. The summed E-state index contributed by atoms with van der Waals surface area (Å²) in [5.74, 6) is -1.41. The first-order valence-electron chi connectivity index (χ1n) is 9.10. The van der Waals surface area contributed by atoms with Gasteiger partial charge in [-0.3, -0.25) is 14.6 Å². The molecule has 1 saturated heterocycles. The summed E-state index contributed by atoms with van der Waals surface area (Å²) < 4.78 is 13.8. The van der Waals surface area contributed by atoms with E-state index in [1.807, 2.05) is 26.8 Å². The summed E-state index contributed by atoms with van der Waals surface area (Å²) in [4.78, 5) is 31.2. The van der Waals surface area contributed by atoms with Crippen LogP contribution in [-0.2, 0) is 15.1 Å². The number of hydrogen-bond donors (Lipinski definition) is 1. The molecule has 142 valence electrons. The first-order valence-corrected chi connectivity index (χ1v) is 9.10. The number of piperidine rings is 1. The molecule has 27 heavy (non-hydrogen) atoms. The number of nitrogens with one attached hydrogen (secondary N) is 1. The van der Waals surface area contributed by atoms with Gasteiger partial charge < -0.3 is 10.2 Å². The highest BCUT2D eigenvalue weighted by atomic mass is 19.1. The number of anilines is 1. The van der Waals surface area contributed by atoms with E-state index in [1.165, 1.54) is 18.3 Å². The molecule has 0 bridgehead atoms. The molecule has 0 spiro atoms. The zero-order chi connectivity index (χ0) is 19.6. The molecular weight excluding hydrogens is 345 g/mol. The third-order valence-corrected chi connectivity index (χ3v) is 5.23. The van der Waals surface area contributed by atoms with Crippen LogP contribution in [0, 0.1) is 18.7 Å². The highest BCUT2D eigenvalue weighted by Gasteiger charge is 2.43. The number of amides is 2. The van der Waals surface area contributed by atoms with Crippen LogP contribution in [0.15, 0.2) is 42.7 Å². The van der Waals surface area contributed by atoms with Gasteiger partial charge in [-0.2, -0.15) is 0 Å². The van der Waals surface area contributed by atoms with Crippen LogP contribution in [-0.4, -0.2) is 28.2 Å². The van der Waals surface area contributed by atoms with E-state index in [0.29, 0.717) is 24.2 Å². The second-order valence-corrected chi connectivity index (χ2v) is 7.55. The molecular formula is C21H24FN3O2. The number of aryl methyl sites for hydroxylation is 1. The van der Waals surface area contributed by atoms with Crippen molar-refractivity contribution in [3.05, 3.63) is 59.7 Å². The quantitative estimate of drug-likeness (QED) is 0.822. The van der Waals surface area contributed by atoms with Gasteiger partial charge in [0.1, 0.15) is 5.82 Å². The number of hydrogen-bond acceptors (Lipinski definition) is 3. The molecule has 5 nitrogen and oxygen atoms in total. The number of benzene rings is 1. The topological polar surface area (TPSA) is 62.3 Å². The van der Waals surface area contributed by atoms with E-state index >= 15 is 0 Å². The van der Waals surface area contributed by atoms with E-state index in [2.05, 4.69) is 10.3 Å². The number of nitrogens with zero attached hydrogens (tertiary/aromatic N) is 2. The van der Waals surface area contributed by atoms with Crippen molar-refractivity contribution in [1.82, 2.24) is 9.88 Å². The fraction of sp³-hybridized carbons (Fsp3) is 0.381. The molecule has 2 aromatic rings. The Morgan fingerprint density at radius 2 is 2.07 bits per heavy atom. The van der Waals surface area contributed by atoms with Gasteiger partial charge in [0.15, 0.2) is 0 Å². The molecule has 6 heteroatoms. The van der Waals surface area contributed by atoms with Crippen molar-refractivity contribution >= 4 is 17.5 Å². The lowest BCUT2D eigenvalue weighted by molar-refractivity contribution is -0.150. The number of carbonyl (C=O) groups excluding carboxylic acids is 2. The van der Waals surface area contributed by atoms with Gasteiger partial charge in [0.05, 0.1) is 17.4 Å². The van der Waals surface area contributed by atoms with Crippen molar-refractivity contribution in [2.24, 2.45) is 5.92 Å². The van der Waals surface area contributed by atoms with E-state index in [4.69, 9.17) is 0 Å². The Morgan fingerprint density at radius 3 is 2.78 bits per heavy atom. The molecule has 0 aliphatic carbocycles. The lowest BCUT2D eigenvalue weighted by Crippen LogP contribution is -2.55. The number of likely N-dealkylation sites (tertiary alicyclic amines) is 1. The minimum atomic E-state index is -0.728. The van der Waals surface area contributed by atoms with Gasteiger partial charge in [-0.25, -0.2) is 4.39 Å². The van der Waals surface area contributed by atoms with Crippen LogP contribution in [0.1, 0.15) is 37.8 Å². The molecule has 1 aliphatic rings. The fourth-order valence-electron chi connectivity index (χ4n) is 3.63. The number of pyridine rings is 1. The van der Waals surface area contributed by atoms with Gasteiger partial charge in [0.25, 0.3) is 0 Å². The number of halogens is 1. The van der Waals surface area contributed by atoms with E-state index < -0.39 is 17.4 Å². The Kier molecular flexibility index (Phi) is 5.26. The van der Waals surface area contributed by atoms with Crippen molar-refractivity contribution in [3.8, 4) is 0 Å². The molecule has 1 aromatic carbocycles. The van der Waals surface area contributed by atoms with Gasteiger partial charge in [-0.15, -0.1) is 0 Å². The van der Waals surface area contributed by atoms with Gasteiger partial charge in [-0.05, 0) is 61.9 Å². The Balaban J connectivity index is 1.88. The van der Waals surface area contributed by atoms with Crippen molar-refractivity contribution in [1.29, 1.82) is 0 Å².